The normalized spacial score (nSPS) is 11.0. The number of hydrogen-bond donors (Lipinski definition) is 1. The molecular formula is C27H25N5O2. The smallest absolute Gasteiger partial charge is 0.276 e. The molecule has 0 saturated heterocycles. The van der Waals surface area contributed by atoms with Crippen molar-refractivity contribution in [2.75, 3.05) is 5.32 Å². The van der Waals surface area contributed by atoms with Crippen molar-refractivity contribution in [1.29, 1.82) is 0 Å². The average Bonchev–Trinajstić information content (AvgIpc) is 3.47. The van der Waals surface area contributed by atoms with E-state index in [2.05, 4.69) is 45.8 Å². The van der Waals surface area contributed by atoms with Crippen LogP contribution in [0.25, 0.3) is 10.8 Å². The molecule has 0 radical (unpaired) electrons. The Hall–Kier alpha value is -4.39. The second-order valence-electron chi connectivity index (χ2n) is 8.36. The summed E-state index contributed by atoms with van der Waals surface area (Å²) in [6, 6.07) is 22.2. The molecule has 0 aliphatic carbocycles. The Labute approximate surface area is 197 Å². The number of aryl methyl sites for hydroxylation is 2. The van der Waals surface area contributed by atoms with Gasteiger partial charge < -0.3 is 10.1 Å². The first-order valence-electron chi connectivity index (χ1n) is 11.1. The van der Waals surface area contributed by atoms with Gasteiger partial charge in [0.25, 0.3) is 5.91 Å². The second-order valence-corrected chi connectivity index (χ2v) is 8.36. The number of aromatic nitrogens is 4. The van der Waals surface area contributed by atoms with Gasteiger partial charge in [-0.2, -0.15) is 10.2 Å². The zero-order chi connectivity index (χ0) is 23.5. The van der Waals surface area contributed by atoms with E-state index < -0.39 is 0 Å². The van der Waals surface area contributed by atoms with Crippen LogP contribution < -0.4 is 10.1 Å². The highest BCUT2D eigenvalue weighted by Crippen LogP contribution is 2.20. The van der Waals surface area contributed by atoms with Crippen LogP contribution in [0, 0.1) is 13.8 Å². The van der Waals surface area contributed by atoms with Crippen LogP contribution in [0.4, 0.5) is 5.69 Å². The van der Waals surface area contributed by atoms with Gasteiger partial charge >= 0.3 is 0 Å². The van der Waals surface area contributed by atoms with Crippen LogP contribution in [-0.4, -0.2) is 25.5 Å². The number of nitrogens with zero attached hydrogens (tertiary/aromatic N) is 4. The molecule has 7 nitrogen and oxygen atoms in total. The summed E-state index contributed by atoms with van der Waals surface area (Å²) in [6.07, 6.45) is 5.19. The summed E-state index contributed by atoms with van der Waals surface area (Å²) >= 11 is 0. The molecular weight excluding hydrogens is 426 g/mol. The van der Waals surface area contributed by atoms with Crippen LogP contribution in [0.1, 0.15) is 27.2 Å². The minimum Gasteiger partial charge on any atom is -0.471 e. The monoisotopic (exact) mass is 451 g/mol. The minimum atomic E-state index is -0.296. The number of carbonyl (C=O) groups excluding carboxylic acids is 1. The highest BCUT2D eigenvalue weighted by molar-refractivity contribution is 6.02. The molecule has 0 fully saturated rings. The van der Waals surface area contributed by atoms with Crippen molar-refractivity contribution in [1.82, 2.24) is 19.6 Å². The molecule has 7 heteroatoms. The van der Waals surface area contributed by atoms with E-state index in [0.29, 0.717) is 17.9 Å². The fourth-order valence-electron chi connectivity index (χ4n) is 4.03. The molecule has 1 N–H and O–H groups in total. The van der Waals surface area contributed by atoms with E-state index in [9.17, 15) is 4.79 Å². The van der Waals surface area contributed by atoms with E-state index in [4.69, 9.17) is 4.74 Å². The second kappa shape index (κ2) is 9.23. The third kappa shape index (κ3) is 4.83. The molecule has 0 saturated carbocycles. The van der Waals surface area contributed by atoms with E-state index in [0.717, 1.165) is 16.9 Å². The third-order valence-corrected chi connectivity index (χ3v) is 5.54. The number of carbonyl (C=O) groups is 1. The lowest BCUT2D eigenvalue weighted by Crippen LogP contribution is -2.14. The van der Waals surface area contributed by atoms with Crippen molar-refractivity contribution < 1.29 is 9.53 Å². The molecule has 0 atom stereocenters. The Morgan fingerprint density at radius 3 is 2.62 bits per heavy atom. The number of amides is 1. The van der Waals surface area contributed by atoms with E-state index >= 15 is 0 Å². The van der Waals surface area contributed by atoms with E-state index in [1.807, 2.05) is 55.1 Å². The molecule has 0 aliphatic rings. The number of rotatable bonds is 7. The topological polar surface area (TPSA) is 74.0 Å². The standard InChI is InChI=1S/C27H25N5O2/c1-19-12-20(2)14-24(13-19)34-18-31-11-10-26(30-31)27(33)29-23-15-28-32(17-23)16-22-8-5-7-21-6-3-4-9-25(21)22/h3-15,17H,16,18H2,1-2H3,(H,29,33). The molecule has 5 rings (SSSR count). The van der Waals surface area contributed by atoms with Crippen LogP contribution in [0.5, 0.6) is 5.75 Å². The van der Waals surface area contributed by atoms with Crippen LogP contribution in [0.3, 0.4) is 0 Å². The summed E-state index contributed by atoms with van der Waals surface area (Å²) in [4.78, 5) is 12.7. The number of anilines is 1. The first-order valence-corrected chi connectivity index (χ1v) is 11.1. The molecule has 0 aliphatic heterocycles. The average molecular weight is 452 g/mol. The van der Waals surface area contributed by atoms with Crippen LogP contribution in [0.15, 0.2) is 85.3 Å². The summed E-state index contributed by atoms with van der Waals surface area (Å²) in [5.41, 5.74) is 4.37. The summed E-state index contributed by atoms with van der Waals surface area (Å²) < 4.78 is 9.22. The maximum absolute atomic E-state index is 12.7. The molecule has 34 heavy (non-hydrogen) atoms. The fraction of sp³-hybridized carbons (Fsp3) is 0.148. The van der Waals surface area contributed by atoms with Gasteiger partial charge in [-0.1, -0.05) is 48.5 Å². The lowest BCUT2D eigenvalue weighted by molar-refractivity contribution is 0.102. The molecule has 170 valence electrons. The Kier molecular flexibility index (Phi) is 5.82. The maximum Gasteiger partial charge on any atom is 0.276 e. The van der Waals surface area contributed by atoms with Crippen molar-refractivity contribution in [2.24, 2.45) is 0 Å². The molecule has 5 aromatic rings. The predicted octanol–water partition coefficient (Wildman–Crippen LogP) is 5.19. The number of nitrogens with one attached hydrogen (secondary N) is 1. The summed E-state index contributed by atoms with van der Waals surface area (Å²) in [7, 11) is 0. The van der Waals surface area contributed by atoms with Crippen molar-refractivity contribution in [3.05, 3.63) is 108 Å². The molecule has 2 aromatic heterocycles. The summed E-state index contributed by atoms with van der Waals surface area (Å²) in [5, 5.41) is 14.0. The molecule has 1 amide bonds. The van der Waals surface area contributed by atoms with E-state index in [1.165, 1.54) is 16.3 Å². The third-order valence-electron chi connectivity index (χ3n) is 5.54. The first kappa shape index (κ1) is 21.5. The number of ether oxygens (including phenoxy) is 1. The fourth-order valence-corrected chi connectivity index (χ4v) is 4.03. The summed E-state index contributed by atoms with van der Waals surface area (Å²) in [6.45, 7) is 4.89. The maximum atomic E-state index is 12.7. The van der Waals surface area contributed by atoms with Crippen molar-refractivity contribution in [3.8, 4) is 5.75 Å². The lowest BCUT2D eigenvalue weighted by Gasteiger charge is -2.08. The highest BCUT2D eigenvalue weighted by Gasteiger charge is 2.12. The number of benzene rings is 3. The van der Waals surface area contributed by atoms with Crippen LogP contribution in [0.2, 0.25) is 0 Å². The Morgan fingerprint density at radius 1 is 0.971 bits per heavy atom. The van der Waals surface area contributed by atoms with Gasteiger partial charge in [0.15, 0.2) is 12.4 Å². The SMILES string of the molecule is Cc1cc(C)cc(OCn2ccc(C(=O)Nc3cnn(Cc4cccc5ccccc45)c3)n2)c1. The number of hydrogen-bond acceptors (Lipinski definition) is 4. The minimum absolute atomic E-state index is 0.221. The van der Waals surface area contributed by atoms with E-state index in [-0.39, 0.29) is 12.6 Å². The van der Waals surface area contributed by atoms with Gasteiger partial charge in [-0.15, -0.1) is 0 Å². The van der Waals surface area contributed by atoms with Gasteiger partial charge in [0.1, 0.15) is 5.75 Å². The van der Waals surface area contributed by atoms with Crippen molar-refractivity contribution in [2.45, 2.75) is 27.1 Å². The van der Waals surface area contributed by atoms with Crippen molar-refractivity contribution >= 4 is 22.4 Å². The quantitative estimate of drug-likeness (QED) is 0.370. The Morgan fingerprint density at radius 2 is 1.76 bits per heavy atom. The lowest BCUT2D eigenvalue weighted by atomic mass is 10.0. The zero-order valence-electron chi connectivity index (χ0n) is 19.1. The van der Waals surface area contributed by atoms with Gasteiger partial charge in [-0.05, 0) is 59.5 Å². The van der Waals surface area contributed by atoms with Gasteiger partial charge in [-0.3, -0.25) is 9.48 Å². The van der Waals surface area contributed by atoms with Crippen molar-refractivity contribution in [3.63, 3.8) is 0 Å². The first-order chi connectivity index (χ1) is 16.5. The molecule has 0 spiro atoms. The Balaban J connectivity index is 1.21. The van der Waals surface area contributed by atoms with Crippen LogP contribution in [-0.2, 0) is 13.3 Å². The number of fused-ring (bicyclic) bond motifs is 1. The largest absolute Gasteiger partial charge is 0.471 e. The van der Waals surface area contributed by atoms with Gasteiger partial charge in [0, 0.05) is 12.4 Å². The molecule has 0 bridgehead atoms. The van der Waals surface area contributed by atoms with Gasteiger partial charge in [-0.25, -0.2) is 4.68 Å². The highest BCUT2D eigenvalue weighted by atomic mass is 16.5. The molecule has 2 heterocycles. The zero-order valence-corrected chi connectivity index (χ0v) is 19.1. The van der Waals surface area contributed by atoms with Gasteiger partial charge in [0.2, 0.25) is 0 Å². The Bertz CT molecular complexity index is 1440. The summed E-state index contributed by atoms with van der Waals surface area (Å²) in [5.74, 6) is 0.479. The predicted molar refractivity (Wildman–Crippen MR) is 132 cm³/mol. The van der Waals surface area contributed by atoms with E-state index in [1.54, 1.807) is 23.1 Å². The van der Waals surface area contributed by atoms with Gasteiger partial charge in [0.05, 0.1) is 18.4 Å². The molecule has 0 unspecified atom stereocenters. The van der Waals surface area contributed by atoms with Crippen LogP contribution >= 0.6 is 0 Å². The molecule has 3 aromatic carbocycles.